The van der Waals surface area contributed by atoms with Gasteiger partial charge in [0.05, 0.1) is 0 Å². The minimum atomic E-state index is -0.305. The molecule has 4 rings (SSSR count). The SMILES string of the molecule is O=C1CCC(c2nc(-c3cccc(Cl)c3)no2)N1Cc1ccc(F)cc1. The van der Waals surface area contributed by atoms with E-state index in [2.05, 4.69) is 10.1 Å². The molecule has 0 saturated carbocycles. The number of nitrogens with zero attached hydrogens (tertiary/aromatic N) is 3. The first kappa shape index (κ1) is 16.7. The van der Waals surface area contributed by atoms with E-state index < -0.39 is 0 Å². The Balaban J connectivity index is 1.58. The van der Waals surface area contributed by atoms with Crippen LogP contribution in [0, 0.1) is 5.82 Å². The largest absolute Gasteiger partial charge is 0.337 e. The van der Waals surface area contributed by atoms with Crippen LogP contribution < -0.4 is 0 Å². The fourth-order valence-corrected chi connectivity index (χ4v) is 3.28. The van der Waals surface area contributed by atoms with Gasteiger partial charge in [-0.05, 0) is 36.2 Å². The summed E-state index contributed by atoms with van der Waals surface area (Å²) in [6.45, 7) is 0.374. The van der Waals surface area contributed by atoms with Gasteiger partial charge in [-0.2, -0.15) is 4.98 Å². The molecule has 0 N–H and O–H groups in total. The van der Waals surface area contributed by atoms with Crippen molar-refractivity contribution in [3.05, 3.63) is 70.8 Å². The fraction of sp³-hybridized carbons (Fsp3) is 0.211. The third-order valence-corrected chi connectivity index (χ3v) is 4.64. The van der Waals surface area contributed by atoms with Gasteiger partial charge in [0.15, 0.2) is 0 Å². The van der Waals surface area contributed by atoms with Crippen molar-refractivity contribution >= 4 is 17.5 Å². The first-order chi connectivity index (χ1) is 12.6. The number of hydrogen-bond acceptors (Lipinski definition) is 4. The van der Waals surface area contributed by atoms with Crippen molar-refractivity contribution in [2.24, 2.45) is 0 Å². The van der Waals surface area contributed by atoms with Crippen molar-refractivity contribution in [2.45, 2.75) is 25.4 Å². The maximum absolute atomic E-state index is 13.1. The molecule has 0 aliphatic carbocycles. The zero-order valence-corrected chi connectivity index (χ0v) is 14.5. The summed E-state index contributed by atoms with van der Waals surface area (Å²) >= 11 is 6.01. The van der Waals surface area contributed by atoms with Crippen molar-refractivity contribution < 1.29 is 13.7 Å². The number of rotatable bonds is 4. The van der Waals surface area contributed by atoms with Gasteiger partial charge < -0.3 is 9.42 Å². The summed E-state index contributed by atoms with van der Waals surface area (Å²) in [6.07, 6.45) is 1.03. The van der Waals surface area contributed by atoms with Gasteiger partial charge in [0, 0.05) is 23.6 Å². The Morgan fingerprint density at radius 2 is 2.04 bits per heavy atom. The predicted molar refractivity (Wildman–Crippen MR) is 93.7 cm³/mol. The van der Waals surface area contributed by atoms with Crippen LogP contribution in [0.15, 0.2) is 53.1 Å². The Kier molecular flexibility index (Phi) is 4.42. The molecule has 0 radical (unpaired) electrons. The van der Waals surface area contributed by atoms with Crippen LogP contribution in [0.3, 0.4) is 0 Å². The van der Waals surface area contributed by atoms with Gasteiger partial charge in [0.25, 0.3) is 0 Å². The lowest BCUT2D eigenvalue weighted by Gasteiger charge is -2.22. The van der Waals surface area contributed by atoms with E-state index in [4.69, 9.17) is 16.1 Å². The van der Waals surface area contributed by atoms with Gasteiger partial charge in [0.2, 0.25) is 17.6 Å². The number of likely N-dealkylation sites (tertiary alicyclic amines) is 1. The third kappa shape index (κ3) is 3.32. The maximum Gasteiger partial charge on any atom is 0.249 e. The third-order valence-electron chi connectivity index (χ3n) is 4.40. The van der Waals surface area contributed by atoms with E-state index in [-0.39, 0.29) is 17.8 Å². The van der Waals surface area contributed by atoms with Crippen LogP contribution in [0.25, 0.3) is 11.4 Å². The zero-order valence-electron chi connectivity index (χ0n) is 13.7. The Labute approximate surface area is 154 Å². The second kappa shape index (κ2) is 6.88. The van der Waals surface area contributed by atoms with Crippen LogP contribution in [-0.4, -0.2) is 20.9 Å². The molecule has 1 aliphatic heterocycles. The molecule has 1 fully saturated rings. The second-order valence-corrected chi connectivity index (χ2v) is 6.61. The number of benzene rings is 2. The quantitative estimate of drug-likeness (QED) is 0.682. The Hall–Kier alpha value is -2.73. The van der Waals surface area contributed by atoms with Gasteiger partial charge in [-0.15, -0.1) is 0 Å². The highest BCUT2D eigenvalue weighted by Crippen LogP contribution is 2.34. The minimum Gasteiger partial charge on any atom is -0.337 e. The van der Waals surface area contributed by atoms with E-state index in [0.29, 0.717) is 36.1 Å². The molecule has 2 aromatic carbocycles. The van der Waals surface area contributed by atoms with Crippen molar-refractivity contribution in [2.75, 3.05) is 0 Å². The summed E-state index contributed by atoms with van der Waals surface area (Å²) in [5.41, 5.74) is 1.60. The number of carbonyl (C=O) groups excluding carboxylic acids is 1. The maximum atomic E-state index is 13.1. The van der Waals surface area contributed by atoms with Crippen LogP contribution >= 0.6 is 11.6 Å². The highest BCUT2D eigenvalue weighted by Gasteiger charge is 2.36. The molecule has 7 heteroatoms. The summed E-state index contributed by atoms with van der Waals surface area (Å²) in [6, 6.07) is 13.0. The monoisotopic (exact) mass is 371 g/mol. The number of halogens is 2. The van der Waals surface area contributed by atoms with Crippen LogP contribution in [-0.2, 0) is 11.3 Å². The molecular weight excluding hydrogens is 357 g/mol. The topological polar surface area (TPSA) is 59.2 Å². The molecular formula is C19H15ClFN3O2. The number of carbonyl (C=O) groups is 1. The van der Waals surface area contributed by atoms with E-state index in [1.165, 1.54) is 12.1 Å². The molecule has 1 amide bonds. The molecule has 1 atom stereocenters. The number of aromatic nitrogens is 2. The van der Waals surface area contributed by atoms with Gasteiger partial charge in [-0.1, -0.05) is 41.0 Å². The van der Waals surface area contributed by atoms with Crippen molar-refractivity contribution in [3.8, 4) is 11.4 Å². The lowest BCUT2D eigenvalue weighted by atomic mass is 10.1. The van der Waals surface area contributed by atoms with Gasteiger partial charge in [-0.3, -0.25) is 4.79 Å². The molecule has 5 nitrogen and oxygen atoms in total. The summed E-state index contributed by atoms with van der Waals surface area (Å²) in [5.74, 6) is 0.541. The normalized spacial score (nSPS) is 17.1. The summed E-state index contributed by atoms with van der Waals surface area (Å²) in [7, 11) is 0. The molecule has 132 valence electrons. The first-order valence-corrected chi connectivity index (χ1v) is 8.61. The van der Waals surface area contributed by atoms with E-state index in [0.717, 1.165) is 11.1 Å². The second-order valence-electron chi connectivity index (χ2n) is 6.17. The number of hydrogen-bond donors (Lipinski definition) is 0. The summed E-state index contributed by atoms with van der Waals surface area (Å²) < 4.78 is 18.5. The van der Waals surface area contributed by atoms with Crippen molar-refractivity contribution in [1.29, 1.82) is 0 Å². The molecule has 1 aromatic heterocycles. The van der Waals surface area contributed by atoms with Crippen molar-refractivity contribution in [3.63, 3.8) is 0 Å². The summed E-state index contributed by atoms with van der Waals surface area (Å²) in [4.78, 5) is 18.4. The van der Waals surface area contributed by atoms with Gasteiger partial charge in [0.1, 0.15) is 11.9 Å². The molecule has 0 bridgehead atoms. The highest BCUT2D eigenvalue weighted by atomic mass is 35.5. The standard InChI is InChI=1S/C19H15ClFN3O2/c20-14-3-1-2-13(10-14)18-22-19(26-23-18)16-8-9-17(25)24(16)11-12-4-6-15(21)7-5-12/h1-7,10,16H,8-9,11H2. The van der Waals surface area contributed by atoms with Crippen LogP contribution in [0.5, 0.6) is 0 Å². The molecule has 0 spiro atoms. The molecule has 3 aromatic rings. The van der Waals surface area contributed by atoms with Crippen LogP contribution in [0.4, 0.5) is 4.39 Å². The Morgan fingerprint density at radius 1 is 1.23 bits per heavy atom. The van der Waals surface area contributed by atoms with Gasteiger partial charge in [-0.25, -0.2) is 4.39 Å². The molecule has 2 heterocycles. The average Bonchev–Trinajstić information content (AvgIpc) is 3.25. The van der Waals surface area contributed by atoms with Crippen molar-refractivity contribution in [1.82, 2.24) is 15.0 Å². The smallest absolute Gasteiger partial charge is 0.249 e. The highest BCUT2D eigenvalue weighted by molar-refractivity contribution is 6.30. The van der Waals surface area contributed by atoms with Crippen LogP contribution in [0.1, 0.15) is 30.3 Å². The first-order valence-electron chi connectivity index (χ1n) is 8.23. The molecule has 1 aliphatic rings. The average molecular weight is 372 g/mol. The van der Waals surface area contributed by atoms with Crippen LogP contribution in [0.2, 0.25) is 5.02 Å². The molecule has 1 saturated heterocycles. The zero-order chi connectivity index (χ0) is 18.1. The Bertz CT molecular complexity index is 942. The van der Waals surface area contributed by atoms with E-state index in [9.17, 15) is 9.18 Å². The molecule has 1 unspecified atom stereocenters. The van der Waals surface area contributed by atoms with E-state index in [1.54, 1.807) is 29.2 Å². The number of amides is 1. The lowest BCUT2D eigenvalue weighted by Crippen LogP contribution is -2.27. The Morgan fingerprint density at radius 3 is 2.81 bits per heavy atom. The predicted octanol–water partition coefficient (Wildman–Crippen LogP) is 4.39. The minimum absolute atomic E-state index is 0.0156. The molecule has 26 heavy (non-hydrogen) atoms. The fourth-order valence-electron chi connectivity index (χ4n) is 3.09. The lowest BCUT2D eigenvalue weighted by molar-refractivity contribution is -0.129. The van der Waals surface area contributed by atoms with E-state index in [1.807, 2.05) is 12.1 Å². The summed E-state index contributed by atoms with van der Waals surface area (Å²) in [5, 5.41) is 4.60. The van der Waals surface area contributed by atoms with Gasteiger partial charge >= 0.3 is 0 Å². The van der Waals surface area contributed by atoms with E-state index >= 15 is 0 Å².